The SMILES string of the molecule is CC(Cc1ccc(Cl)cc1)NC(=O)C1=CN2CCS(=O)(=O)N=C2C=C1. The summed E-state index contributed by atoms with van der Waals surface area (Å²) in [4.78, 5) is 14.1. The van der Waals surface area contributed by atoms with Crippen molar-refractivity contribution >= 4 is 33.4 Å². The molecule has 132 valence electrons. The Kier molecular flexibility index (Phi) is 4.96. The average molecular weight is 380 g/mol. The Bertz CT molecular complexity index is 873. The van der Waals surface area contributed by atoms with Crippen LogP contribution in [0, 0.1) is 0 Å². The van der Waals surface area contributed by atoms with E-state index in [1.165, 1.54) is 0 Å². The van der Waals surface area contributed by atoms with Crippen molar-refractivity contribution in [2.75, 3.05) is 12.3 Å². The number of sulfonamides is 1. The first kappa shape index (κ1) is 17.7. The van der Waals surface area contributed by atoms with Gasteiger partial charge in [0, 0.05) is 23.8 Å². The summed E-state index contributed by atoms with van der Waals surface area (Å²) in [5, 5.41) is 3.63. The molecule has 1 aromatic rings. The first-order valence-electron chi connectivity index (χ1n) is 7.87. The largest absolute Gasteiger partial charge is 0.349 e. The maximum Gasteiger partial charge on any atom is 0.256 e. The van der Waals surface area contributed by atoms with Crippen LogP contribution in [0.3, 0.4) is 0 Å². The maximum absolute atomic E-state index is 12.4. The number of fused-ring (bicyclic) bond motifs is 1. The van der Waals surface area contributed by atoms with Crippen LogP contribution in [0.4, 0.5) is 0 Å². The predicted molar refractivity (Wildman–Crippen MR) is 97.9 cm³/mol. The van der Waals surface area contributed by atoms with Crippen LogP contribution in [-0.4, -0.2) is 43.4 Å². The lowest BCUT2D eigenvalue weighted by Gasteiger charge is -2.27. The Morgan fingerprint density at radius 1 is 1.32 bits per heavy atom. The highest BCUT2D eigenvalue weighted by molar-refractivity contribution is 7.90. The topological polar surface area (TPSA) is 78.8 Å². The van der Waals surface area contributed by atoms with E-state index in [1.807, 2.05) is 31.2 Å². The molecule has 0 fully saturated rings. The van der Waals surface area contributed by atoms with Crippen molar-refractivity contribution in [1.29, 1.82) is 0 Å². The zero-order valence-corrected chi connectivity index (χ0v) is 15.2. The molecule has 25 heavy (non-hydrogen) atoms. The number of rotatable bonds is 4. The quantitative estimate of drug-likeness (QED) is 0.866. The molecular weight excluding hydrogens is 362 g/mol. The second-order valence-corrected chi connectivity index (χ2v) is 8.24. The minimum absolute atomic E-state index is 0.0529. The van der Waals surface area contributed by atoms with E-state index in [-0.39, 0.29) is 17.7 Å². The van der Waals surface area contributed by atoms with Crippen LogP contribution in [0.2, 0.25) is 5.02 Å². The fourth-order valence-corrected chi connectivity index (χ4v) is 3.76. The standard InChI is InChI=1S/C17H18ClN3O3S/c1-12(10-13-2-5-15(18)6-3-13)19-17(22)14-4-7-16-20-25(23,24)9-8-21(16)11-14/h2-7,11-12H,8-10H2,1H3,(H,19,22). The van der Waals surface area contributed by atoms with Crippen LogP contribution >= 0.6 is 11.6 Å². The van der Waals surface area contributed by atoms with Gasteiger partial charge in [0.1, 0.15) is 5.84 Å². The maximum atomic E-state index is 12.4. The van der Waals surface area contributed by atoms with Gasteiger partial charge in [-0.3, -0.25) is 4.79 Å². The molecule has 0 saturated carbocycles. The smallest absolute Gasteiger partial charge is 0.256 e. The third-order valence-electron chi connectivity index (χ3n) is 3.92. The number of hydrogen-bond donors (Lipinski definition) is 1. The van der Waals surface area contributed by atoms with E-state index in [4.69, 9.17) is 11.6 Å². The van der Waals surface area contributed by atoms with Gasteiger partial charge in [0.05, 0.1) is 11.3 Å². The summed E-state index contributed by atoms with van der Waals surface area (Å²) in [6, 6.07) is 7.45. The first-order chi connectivity index (χ1) is 11.8. The van der Waals surface area contributed by atoms with E-state index in [0.717, 1.165) is 5.56 Å². The van der Waals surface area contributed by atoms with E-state index in [9.17, 15) is 13.2 Å². The lowest BCUT2D eigenvalue weighted by molar-refractivity contribution is -0.117. The van der Waals surface area contributed by atoms with Gasteiger partial charge in [0.2, 0.25) is 0 Å². The van der Waals surface area contributed by atoms with E-state index in [0.29, 0.717) is 29.4 Å². The fourth-order valence-electron chi connectivity index (χ4n) is 2.67. The van der Waals surface area contributed by atoms with Gasteiger partial charge in [-0.1, -0.05) is 23.7 Å². The lowest BCUT2D eigenvalue weighted by Crippen LogP contribution is -2.39. The van der Waals surface area contributed by atoms with Crippen molar-refractivity contribution in [3.8, 4) is 0 Å². The molecule has 1 aromatic carbocycles. The normalized spacial score (nSPS) is 19.5. The van der Waals surface area contributed by atoms with E-state index in [1.54, 1.807) is 23.3 Å². The third kappa shape index (κ3) is 4.49. The number of carbonyl (C=O) groups excluding carboxylic acids is 1. The van der Waals surface area contributed by atoms with Crippen molar-refractivity contribution < 1.29 is 13.2 Å². The number of nitrogens with zero attached hydrogens (tertiary/aromatic N) is 2. The van der Waals surface area contributed by atoms with Gasteiger partial charge in [0.25, 0.3) is 15.9 Å². The summed E-state index contributed by atoms with van der Waals surface area (Å²) >= 11 is 5.87. The predicted octanol–water partition coefficient (Wildman–Crippen LogP) is 1.88. The zero-order valence-electron chi connectivity index (χ0n) is 13.6. The van der Waals surface area contributed by atoms with Gasteiger partial charge in [-0.05, 0) is 43.2 Å². The molecule has 0 bridgehead atoms. The summed E-state index contributed by atoms with van der Waals surface area (Å²) in [6.45, 7) is 2.22. The zero-order chi connectivity index (χ0) is 18.0. The lowest BCUT2D eigenvalue weighted by atomic mass is 10.1. The Morgan fingerprint density at radius 3 is 2.76 bits per heavy atom. The van der Waals surface area contributed by atoms with Gasteiger partial charge >= 0.3 is 0 Å². The molecular formula is C17H18ClN3O3S. The number of carbonyl (C=O) groups is 1. The van der Waals surface area contributed by atoms with Crippen LogP contribution in [-0.2, 0) is 21.2 Å². The minimum atomic E-state index is -3.39. The average Bonchev–Trinajstić information content (AvgIpc) is 2.55. The monoisotopic (exact) mass is 379 g/mol. The van der Waals surface area contributed by atoms with Crippen LogP contribution in [0.1, 0.15) is 12.5 Å². The molecule has 2 heterocycles. The molecule has 1 unspecified atom stereocenters. The Balaban J connectivity index is 1.63. The molecule has 1 atom stereocenters. The fraction of sp³-hybridized carbons (Fsp3) is 0.294. The van der Waals surface area contributed by atoms with Crippen molar-refractivity contribution in [2.45, 2.75) is 19.4 Å². The van der Waals surface area contributed by atoms with Crippen LogP contribution in [0.15, 0.2) is 52.6 Å². The molecule has 3 rings (SSSR count). The molecule has 1 N–H and O–H groups in total. The van der Waals surface area contributed by atoms with Gasteiger partial charge in [-0.2, -0.15) is 0 Å². The Hall–Kier alpha value is -2.12. The molecule has 1 amide bonds. The Labute approximate surface area is 151 Å². The van der Waals surface area contributed by atoms with Crippen LogP contribution in [0.25, 0.3) is 0 Å². The third-order valence-corrected chi connectivity index (χ3v) is 5.33. The molecule has 2 aliphatic heterocycles. The number of amides is 1. The van der Waals surface area contributed by atoms with Crippen molar-refractivity contribution in [1.82, 2.24) is 10.2 Å². The van der Waals surface area contributed by atoms with Gasteiger partial charge in [0.15, 0.2) is 0 Å². The number of hydrogen-bond acceptors (Lipinski definition) is 4. The number of benzene rings is 1. The molecule has 0 aliphatic carbocycles. The van der Waals surface area contributed by atoms with Crippen LogP contribution in [0.5, 0.6) is 0 Å². The number of nitrogens with one attached hydrogen (secondary N) is 1. The highest BCUT2D eigenvalue weighted by atomic mass is 35.5. The van der Waals surface area contributed by atoms with E-state index < -0.39 is 10.0 Å². The number of amidine groups is 1. The highest BCUT2D eigenvalue weighted by Gasteiger charge is 2.25. The highest BCUT2D eigenvalue weighted by Crippen LogP contribution is 2.16. The molecule has 6 nitrogen and oxygen atoms in total. The molecule has 8 heteroatoms. The van der Waals surface area contributed by atoms with Crippen molar-refractivity contribution in [2.24, 2.45) is 4.40 Å². The molecule has 2 aliphatic rings. The number of halogens is 1. The molecule has 0 aromatic heterocycles. The second-order valence-electron chi connectivity index (χ2n) is 6.05. The van der Waals surface area contributed by atoms with Gasteiger partial charge in [-0.15, -0.1) is 4.40 Å². The summed E-state index contributed by atoms with van der Waals surface area (Å²) < 4.78 is 26.7. The van der Waals surface area contributed by atoms with Gasteiger partial charge in [-0.25, -0.2) is 8.42 Å². The Morgan fingerprint density at radius 2 is 2.04 bits per heavy atom. The second kappa shape index (κ2) is 7.01. The molecule has 0 saturated heterocycles. The van der Waals surface area contributed by atoms with E-state index in [2.05, 4.69) is 9.71 Å². The summed E-state index contributed by atoms with van der Waals surface area (Å²) in [5.74, 6) is 0.0881. The molecule has 0 radical (unpaired) electrons. The first-order valence-corrected chi connectivity index (χ1v) is 9.86. The summed E-state index contributed by atoms with van der Waals surface area (Å²) in [7, 11) is -3.39. The van der Waals surface area contributed by atoms with Crippen molar-refractivity contribution in [3.05, 3.63) is 58.8 Å². The molecule has 0 spiro atoms. The summed E-state index contributed by atoms with van der Waals surface area (Å²) in [5.41, 5.74) is 1.56. The van der Waals surface area contributed by atoms with Gasteiger partial charge < -0.3 is 10.2 Å². The van der Waals surface area contributed by atoms with Crippen molar-refractivity contribution in [3.63, 3.8) is 0 Å². The minimum Gasteiger partial charge on any atom is -0.349 e. The van der Waals surface area contributed by atoms with Crippen LogP contribution < -0.4 is 5.32 Å². The van der Waals surface area contributed by atoms with E-state index >= 15 is 0 Å². The summed E-state index contributed by atoms with van der Waals surface area (Å²) in [6.07, 6.45) is 5.46.